The van der Waals surface area contributed by atoms with E-state index in [-0.39, 0.29) is 11.3 Å². The zero-order valence-corrected chi connectivity index (χ0v) is 18.3. The standard InChI is InChI=1S/C23H31ClF3NO2/c1-2-3-4-5-6-7-8-9-10-11-12-13-18-28(22(30)23(25,26)27)20-16-14-19(15-17-20)21(24)29/h13-18H,2-12H2,1H3. The molecule has 1 aromatic carbocycles. The lowest BCUT2D eigenvalue weighted by Crippen LogP contribution is -2.37. The van der Waals surface area contributed by atoms with Crippen LogP contribution in [0.25, 0.3) is 0 Å². The molecule has 7 heteroatoms. The molecule has 0 N–H and O–H groups in total. The maximum atomic E-state index is 12.9. The highest BCUT2D eigenvalue weighted by molar-refractivity contribution is 6.67. The van der Waals surface area contributed by atoms with E-state index in [1.807, 2.05) is 0 Å². The van der Waals surface area contributed by atoms with Crippen molar-refractivity contribution in [2.24, 2.45) is 0 Å². The molecule has 1 amide bonds. The van der Waals surface area contributed by atoms with E-state index >= 15 is 0 Å². The second-order valence-corrected chi connectivity index (χ2v) is 7.69. The average molecular weight is 446 g/mol. The zero-order chi connectivity index (χ0) is 22.4. The predicted molar refractivity (Wildman–Crippen MR) is 116 cm³/mol. The van der Waals surface area contributed by atoms with Crippen molar-refractivity contribution in [3.8, 4) is 0 Å². The molecule has 1 aromatic rings. The van der Waals surface area contributed by atoms with E-state index in [1.165, 1.54) is 69.2 Å². The molecule has 0 fully saturated rings. The van der Waals surface area contributed by atoms with E-state index in [0.717, 1.165) is 25.5 Å². The Hall–Kier alpha value is -1.82. The molecule has 0 aliphatic carbocycles. The minimum atomic E-state index is -5.00. The summed E-state index contributed by atoms with van der Waals surface area (Å²) in [5, 5.41) is -0.716. The monoisotopic (exact) mass is 445 g/mol. The summed E-state index contributed by atoms with van der Waals surface area (Å²) in [6.07, 6.45) is 10.1. The van der Waals surface area contributed by atoms with Crippen LogP contribution in [0.1, 0.15) is 87.9 Å². The van der Waals surface area contributed by atoms with E-state index in [0.29, 0.717) is 11.3 Å². The van der Waals surface area contributed by atoms with Crippen LogP contribution in [0.3, 0.4) is 0 Å². The Morgan fingerprint density at radius 1 is 0.900 bits per heavy atom. The van der Waals surface area contributed by atoms with Crippen LogP contribution in [0.2, 0.25) is 0 Å². The number of halogens is 4. The number of nitrogens with zero attached hydrogens (tertiary/aromatic N) is 1. The average Bonchev–Trinajstić information content (AvgIpc) is 2.70. The number of unbranched alkanes of at least 4 members (excludes halogenated alkanes) is 10. The number of amides is 1. The molecule has 0 aliphatic rings. The topological polar surface area (TPSA) is 37.4 Å². The lowest BCUT2D eigenvalue weighted by molar-refractivity contribution is -0.169. The largest absolute Gasteiger partial charge is 0.472 e. The third-order valence-electron chi connectivity index (χ3n) is 4.81. The maximum absolute atomic E-state index is 12.9. The van der Waals surface area contributed by atoms with Crippen molar-refractivity contribution in [3.05, 3.63) is 42.1 Å². The quantitative estimate of drug-likeness (QED) is 0.216. The molecule has 0 atom stereocenters. The summed E-state index contributed by atoms with van der Waals surface area (Å²) in [4.78, 5) is 23.4. The highest BCUT2D eigenvalue weighted by atomic mass is 35.5. The molecule has 0 saturated heterocycles. The molecule has 168 valence electrons. The van der Waals surface area contributed by atoms with E-state index in [2.05, 4.69) is 6.92 Å². The van der Waals surface area contributed by atoms with Crippen LogP contribution in [-0.4, -0.2) is 17.3 Å². The summed E-state index contributed by atoms with van der Waals surface area (Å²) < 4.78 is 38.8. The van der Waals surface area contributed by atoms with Gasteiger partial charge < -0.3 is 0 Å². The third kappa shape index (κ3) is 10.3. The van der Waals surface area contributed by atoms with Gasteiger partial charge in [-0.2, -0.15) is 13.2 Å². The minimum Gasteiger partial charge on any atom is -0.280 e. The fraction of sp³-hybridized carbons (Fsp3) is 0.565. The van der Waals surface area contributed by atoms with Crippen molar-refractivity contribution in [1.82, 2.24) is 0 Å². The Morgan fingerprint density at radius 3 is 1.87 bits per heavy atom. The van der Waals surface area contributed by atoms with Gasteiger partial charge in [-0.15, -0.1) is 0 Å². The number of carbonyl (C=O) groups excluding carboxylic acids is 2. The molecule has 1 rings (SSSR count). The first-order chi connectivity index (χ1) is 14.3. The van der Waals surface area contributed by atoms with Gasteiger partial charge in [0.1, 0.15) is 0 Å². The second-order valence-electron chi connectivity index (χ2n) is 7.35. The SMILES string of the molecule is CCCCCCCCCCCCC=CN(C(=O)C(F)(F)F)c1ccc(C(=O)Cl)cc1. The van der Waals surface area contributed by atoms with E-state index in [1.54, 1.807) is 6.08 Å². The zero-order valence-electron chi connectivity index (χ0n) is 17.5. The first-order valence-corrected chi connectivity index (χ1v) is 11.0. The first kappa shape index (κ1) is 26.2. The predicted octanol–water partition coefficient (Wildman–Crippen LogP) is 7.79. The fourth-order valence-corrected chi connectivity index (χ4v) is 3.22. The molecule has 0 unspecified atom stereocenters. The summed E-state index contributed by atoms with van der Waals surface area (Å²) >= 11 is 5.35. The molecule has 0 aromatic heterocycles. The van der Waals surface area contributed by atoms with Gasteiger partial charge in [0.15, 0.2) is 0 Å². The van der Waals surface area contributed by atoms with Crippen LogP contribution in [-0.2, 0) is 4.79 Å². The van der Waals surface area contributed by atoms with Crippen LogP contribution in [0, 0.1) is 0 Å². The van der Waals surface area contributed by atoms with Crippen molar-refractivity contribution in [2.75, 3.05) is 4.90 Å². The fourth-order valence-electron chi connectivity index (χ4n) is 3.09. The summed E-state index contributed by atoms with van der Waals surface area (Å²) in [6.45, 7) is 2.20. The Balaban J connectivity index is 2.47. The van der Waals surface area contributed by atoms with Gasteiger partial charge in [-0.25, -0.2) is 0 Å². The number of alkyl halides is 3. The maximum Gasteiger partial charge on any atom is 0.472 e. The molecule has 0 heterocycles. The molecule has 30 heavy (non-hydrogen) atoms. The molecular formula is C23H31ClF3NO2. The van der Waals surface area contributed by atoms with Gasteiger partial charge in [0, 0.05) is 17.5 Å². The Bertz CT molecular complexity index is 672. The molecule has 0 spiro atoms. The highest BCUT2D eigenvalue weighted by Crippen LogP contribution is 2.25. The van der Waals surface area contributed by atoms with Gasteiger partial charge in [-0.05, 0) is 48.7 Å². The number of hydrogen-bond donors (Lipinski definition) is 0. The summed E-state index contributed by atoms with van der Waals surface area (Å²) in [5.41, 5.74) is 0.174. The lowest BCUT2D eigenvalue weighted by Gasteiger charge is -2.20. The molecule has 0 bridgehead atoms. The molecule has 0 saturated carbocycles. The second kappa shape index (κ2) is 14.2. The van der Waals surface area contributed by atoms with Gasteiger partial charge in [-0.3, -0.25) is 14.5 Å². The summed E-state index contributed by atoms with van der Waals surface area (Å²) in [6, 6.07) is 5.11. The summed E-state index contributed by atoms with van der Waals surface area (Å²) in [5.74, 6) is -1.98. The number of hydrogen-bond acceptors (Lipinski definition) is 2. The number of carbonyl (C=O) groups is 2. The van der Waals surface area contributed by atoms with Crippen LogP contribution in [0.5, 0.6) is 0 Å². The van der Waals surface area contributed by atoms with E-state index in [9.17, 15) is 22.8 Å². The number of anilines is 1. The summed E-state index contributed by atoms with van der Waals surface area (Å²) in [7, 11) is 0. The van der Waals surface area contributed by atoms with Crippen molar-refractivity contribution in [1.29, 1.82) is 0 Å². The normalized spacial score (nSPS) is 11.8. The number of allylic oxidation sites excluding steroid dienone is 1. The molecule has 3 nitrogen and oxygen atoms in total. The molecule has 0 radical (unpaired) electrons. The van der Waals surface area contributed by atoms with E-state index in [4.69, 9.17) is 11.6 Å². The van der Waals surface area contributed by atoms with Crippen molar-refractivity contribution < 1.29 is 22.8 Å². The van der Waals surface area contributed by atoms with E-state index < -0.39 is 17.3 Å². The number of rotatable bonds is 14. The van der Waals surface area contributed by atoms with Crippen LogP contribution < -0.4 is 4.90 Å². The number of benzene rings is 1. The van der Waals surface area contributed by atoms with Gasteiger partial charge in [0.05, 0.1) is 0 Å². The minimum absolute atomic E-state index is 0.0262. The van der Waals surface area contributed by atoms with Crippen LogP contribution in [0.15, 0.2) is 36.5 Å². The van der Waals surface area contributed by atoms with Gasteiger partial charge in [0.2, 0.25) is 0 Å². The van der Waals surface area contributed by atoms with Crippen molar-refractivity contribution >= 4 is 28.4 Å². The molecule has 0 aliphatic heterocycles. The smallest absolute Gasteiger partial charge is 0.280 e. The Kier molecular flexibility index (Phi) is 12.4. The van der Waals surface area contributed by atoms with Crippen molar-refractivity contribution in [3.63, 3.8) is 0 Å². The van der Waals surface area contributed by atoms with Gasteiger partial charge >= 0.3 is 12.1 Å². The Labute approximate surface area is 182 Å². The van der Waals surface area contributed by atoms with Gasteiger partial charge in [0.25, 0.3) is 5.24 Å². The highest BCUT2D eigenvalue weighted by Gasteiger charge is 2.42. The van der Waals surface area contributed by atoms with Gasteiger partial charge in [-0.1, -0.05) is 70.8 Å². The lowest BCUT2D eigenvalue weighted by atomic mass is 10.1. The van der Waals surface area contributed by atoms with Crippen LogP contribution >= 0.6 is 11.6 Å². The Morgan fingerprint density at radius 2 is 1.40 bits per heavy atom. The third-order valence-corrected chi connectivity index (χ3v) is 5.03. The first-order valence-electron chi connectivity index (χ1n) is 10.6. The van der Waals surface area contributed by atoms with Crippen molar-refractivity contribution in [2.45, 2.75) is 83.7 Å². The molecular weight excluding hydrogens is 415 g/mol. The van der Waals surface area contributed by atoms with Crippen LogP contribution in [0.4, 0.5) is 18.9 Å².